The van der Waals surface area contributed by atoms with Crippen molar-refractivity contribution in [3.63, 3.8) is 0 Å². The molecule has 1 aromatic rings. The summed E-state index contributed by atoms with van der Waals surface area (Å²) in [5.41, 5.74) is -0.702. The molecule has 2 heterocycles. The lowest BCUT2D eigenvalue weighted by molar-refractivity contribution is -0.117. The number of nitrogens with one attached hydrogen (secondary N) is 3. The van der Waals surface area contributed by atoms with Crippen LogP contribution in [0.25, 0.3) is 0 Å². The molecule has 4 N–H and O–H groups in total. The Morgan fingerprint density at radius 1 is 1.22 bits per heavy atom. The number of halogens is 1. The summed E-state index contributed by atoms with van der Waals surface area (Å²) in [5.74, 6) is -1.80. The molecule has 27 heavy (non-hydrogen) atoms. The minimum Gasteiger partial charge on any atom is -0.506 e. The zero-order valence-electron chi connectivity index (χ0n) is 15.4. The van der Waals surface area contributed by atoms with Gasteiger partial charge in [-0.2, -0.15) is 8.42 Å². The highest BCUT2D eigenvalue weighted by atomic mass is 32.2. The predicted octanol–water partition coefficient (Wildman–Crippen LogP) is 0.318. The van der Waals surface area contributed by atoms with E-state index in [1.165, 1.54) is 6.07 Å². The van der Waals surface area contributed by atoms with E-state index in [1.807, 2.05) is 27.7 Å². The molecule has 148 valence electrons. The van der Waals surface area contributed by atoms with E-state index in [0.29, 0.717) is 15.8 Å². The van der Waals surface area contributed by atoms with Crippen molar-refractivity contribution in [1.29, 1.82) is 0 Å². The summed E-state index contributed by atoms with van der Waals surface area (Å²) < 4.78 is 40.4. The first-order chi connectivity index (χ1) is 12.3. The Bertz CT molecular complexity index is 901. The SMILES string of the molecule is CC1(C)NC(=NCc2cc(O)c(N3CC(=O)NS3(=O)=O)c(F)c2)NC1(C)C. The van der Waals surface area contributed by atoms with Gasteiger partial charge in [-0.1, -0.05) is 0 Å². The number of benzene rings is 1. The van der Waals surface area contributed by atoms with Crippen LogP contribution in [0, 0.1) is 5.82 Å². The smallest absolute Gasteiger partial charge is 0.326 e. The monoisotopic (exact) mass is 399 g/mol. The van der Waals surface area contributed by atoms with Crippen LogP contribution in [-0.2, 0) is 21.5 Å². The lowest BCUT2D eigenvalue weighted by Gasteiger charge is -2.32. The van der Waals surface area contributed by atoms with Crippen molar-refractivity contribution in [2.24, 2.45) is 4.99 Å². The Hall–Kier alpha value is -2.56. The van der Waals surface area contributed by atoms with Crippen LogP contribution < -0.4 is 19.7 Å². The molecule has 3 rings (SSSR count). The number of aliphatic imine (C=N–C) groups is 1. The third-order valence-corrected chi connectivity index (χ3v) is 6.39. The summed E-state index contributed by atoms with van der Waals surface area (Å²) in [6.45, 7) is 7.56. The maximum Gasteiger partial charge on any atom is 0.326 e. The van der Waals surface area contributed by atoms with E-state index in [9.17, 15) is 22.7 Å². The van der Waals surface area contributed by atoms with Crippen molar-refractivity contribution in [3.8, 4) is 5.75 Å². The summed E-state index contributed by atoms with van der Waals surface area (Å²) in [6.07, 6.45) is 0. The molecule has 0 atom stereocenters. The van der Waals surface area contributed by atoms with Gasteiger partial charge in [0.15, 0.2) is 11.8 Å². The standard InChI is InChI=1S/C16H22FN5O4S/c1-15(2)16(3,4)20-14(19-15)18-7-9-5-10(17)13(11(23)6-9)22-8-12(24)21-27(22,25)26/h5-6,23H,7-8H2,1-4H3,(H,21,24)(H2,18,19,20). The molecule has 0 aromatic heterocycles. The number of phenolic OH excluding ortho intramolecular Hbond substituents is 1. The van der Waals surface area contributed by atoms with E-state index in [1.54, 1.807) is 4.72 Å². The number of phenols is 1. The van der Waals surface area contributed by atoms with Gasteiger partial charge in [-0.15, -0.1) is 0 Å². The number of amides is 1. The van der Waals surface area contributed by atoms with Crippen LogP contribution in [0.2, 0.25) is 0 Å². The molecule has 1 aromatic carbocycles. The number of hydrogen-bond donors (Lipinski definition) is 4. The largest absolute Gasteiger partial charge is 0.506 e. The van der Waals surface area contributed by atoms with Gasteiger partial charge in [0.25, 0.3) is 5.91 Å². The van der Waals surface area contributed by atoms with Gasteiger partial charge in [0.2, 0.25) is 0 Å². The summed E-state index contributed by atoms with van der Waals surface area (Å²) in [5, 5.41) is 16.6. The van der Waals surface area contributed by atoms with E-state index in [0.717, 1.165) is 6.07 Å². The zero-order chi connectivity index (χ0) is 20.2. The van der Waals surface area contributed by atoms with Gasteiger partial charge in [0.1, 0.15) is 18.0 Å². The summed E-state index contributed by atoms with van der Waals surface area (Å²) >= 11 is 0. The molecular formula is C16H22FN5O4S. The molecule has 11 heteroatoms. The number of anilines is 1. The topological polar surface area (TPSA) is 123 Å². The Kier molecular flexibility index (Phi) is 4.25. The lowest BCUT2D eigenvalue weighted by Crippen LogP contribution is -2.51. The number of guanidine groups is 1. The van der Waals surface area contributed by atoms with Crippen LogP contribution in [0.4, 0.5) is 10.1 Å². The molecule has 0 aliphatic carbocycles. The van der Waals surface area contributed by atoms with Crippen LogP contribution in [0.1, 0.15) is 33.3 Å². The van der Waals surface area contributed by atoms with Crippen LogP contribution in [-0.4, -0.2) is 43.0 Å². The molecule has 2 aliphatic heterocycles. The third-order valence-electron chi connectivity index (χ3n) is 5.02. The van der Waals surface area contributed by atoms with E-state index >= 15 is 0 Å². The number of carbonyl (C=O) groups excluding carboxylic acids is 1. The number of aromatic hydroxyl groups is 1. The van der Waals surface area contributed by atoms with Crippen molar-refractivity contribution >= 4 is 27.8 Å². The van der Waals surface area contributed by atoms with Gasteiger partial charge in [0, 0.05) is 0 Å². The minimum atomic E-state index is -4.21. The molecule has 0 spiro atoms. The molecule has 1 amide bonds. The van der Waals surface area contributed by atoms with Crippen LogP contribution in [0.15, 0.2) is 17.1 Å². The number of nitrogens with zero attached hydrogens (tertiary/aromatic N) is 2. The third kappa shape index (κ3) is 3.38. The second kappa shape index (κ2) is 5.98. The van der Waals surface area contributed by atoms with Gasteiger partial charge >= 0.3 is 10.2 Å². The fourth-order valence-corrected chi connectivity index (χ4v) is 3.98. The summed E-state index contributed by atoms with van der Waals surface area (Å²) in [4.78, 5) is 15.7. The number of hydrogen-bond acceptors (Lipinski definition) is 5. The average Bonchev–Trinajstić information content (AvgIpc) is 2.87. The van der Waals surface area contributed by atoms with Crippen molar-refractivity contribution < 1.29 is 22.7 Å². The highest BCUT2D eigenvalue weighted by Gasteiger charge is 2.44. The van der Waals surface area contributed by atoms with Gasteiger partial charge in [0.05, 0.1) is 17.6 Å². The fraction of sp³-hybridized carbons (Fsp3) is 0.500. The van der Waals surface area contributed by atoms with Crippen LogP contribution in [0.3, 0.4) is 0 Å². The molecule has 0 unspecified atom stereocenters. The Morgan fingerprint density at radius 2 is 1.81 bits per heavy atom. The Balaban J connectivity index is 1.84. The normalized spacial score (nSPS) is 22.2. The summed E-state index contributed by atoms with van der Waals surface area (Å²) in [7, 11) is -4.21. The minimum absolute atomic E-state index is 0.0657. The van der Waals surface area contributed by atoms with Crippen molar-refractivity contribution in [2.75, 3.05) is 10.8 Å². The van der Waals surface area contributed by atoms with E-state index in [-0.39, 0.29) is 17.6 Å². The second-order valence-corrected chi connectivity index (χ2v) is 9.24. The van der Waals surface area contributed by atoms with Gasteiger partial charge in [-0.3, -0.25) is 4.79 Å². The Labute approximate surface area is 156 Å². The van der Waals surface area contributed by atoms with Crippen molar-refractivity contribution in [2.45, 2.75) is 45.3 Å². The van der Waals surface area contributed by atoms with Crippen molar-refractivity contribution in [3.05, 3.63) is 23.5 Å². The van der Waals surface area contributed by atoms with E-state index in [4.69, 9.17) is 0 Å². The zero-order valence-corrected chi connectivity index (χ0v) is 16.2. The highest BCUT2D eigenvalue weighted by Crippen LogP contribution is 2.34. The molecule has 0 radical (unpaired) electrons. The lowest BCUT2D eigenvalue weighted by atomic mass is 9.85. The second-order valence-electron chi connectivity index (χ2n) is 7.65. The van der Waals surface area contributed by atoms with Gasteiger partial charge in [-0.05, 0) is 45.4 Å². The van der Waals surface area contributed by atoms with Gasteiger partial charge in [-0.25, -0.2) is 18.4 Å². The molecule has 0 saturated carbocycles. The fourth-order valence-electron chi connectivity index (χ4n) is 2.81. The van der Waals surface area contributed by atoms with Gasteiger partial charge < -0.3 is 15.7 Å². The van der Waals surface area contributed by atoms with Crippen LogP contribution in [0.5, 0.6) is 5.75 Å². The molecule has 0 bridgehead atoms. The van der Waals surface area contributed by atoms with E-state index < -0.39 is 39.9 Å². The number of carbonyl (C=O) groups is 1. The molecule has 2 fully saturated rings. The molecule has 9 nitrogen and oxygen atoms in total. The molecule has 2 saturated heterocycles. The van der Waals surface area contributed by atoms with E-state index in [2.05, 4.69) is 15.6 Å². The molecular weight excluding hydrogens is 377 g/mol. The maximum atomic E-state index is 14.5. The number of rotatable bonds is 3. The summed E-state index contributed by atoms with van der Waals surface area (Å²) in [6, 6.07) is 2.31. The first-order valence-corrected chi connectivity index (χ1v) is 9.72. The highest BCUT2D eigenvalue weighted by molar-refractivity contribution is 7.92. The molecule has 2 aliphatic rings. The predicted molar refractivity (Wildman–Crippen MR) is 98.0 cm³/mol. The Morgan fingerprint density at radius 3 is 2.30 bits per heavy atom. The van der Waals surface area contributed by atoms with Crippen molar-refractivity contribution in [1.82, 2.24) is 15.4 Å². The average molecular weight is 399 g/mol. The first kappa shape index (κ1) is 19.2. The van der Waals surface area contributed by atoms with Crippen LogP contribution >= 0.6 is 0 Å². The maximum absolute atomic E-state index is 14.5. The first-order valence-electron chi connectivity index (χ1n) is 8.28. The quantitative estimate of drug-likeness (QED) is 0.580.